The predicted octanol–water partition coefficient (Wildman–Crippen LogP) is 3.96. The summed E-state index contributed by atoms with van der Waals surface area (Å²) >= 11 is 0. The average Bonchev–Trinajstić information content (AvgIpc) is 3.09. The van der Waals surface area contributed by atoms with Gasteiger partial charge < -0.3 is 9.30 Å². The second-order valence-corrected chi connectivity index (χ2v) is 7.64. The van der Waals surface area contributed by atoms with Crippen molar-refractivity contribution in [1.29, 1.82) is 0 Å². The van der Waals surface area contributed by atoms with Gasteiger partial charge in [0.05, 0.1) is 30.2 Å². The number of hydrogen-bond acceptors (Lipinski definition) is 4. The van der Waals surface area contributed by atoms with Crippen LogP contribution < -0.4 is 4.90 Å². The summed E-state index contributed by atoms with van der Waals surface area (Å²) in [6.45, 7) is 6.40. The number of imidazole rings is 1. The fraction of sp³-hybridized carbons (Fsp3) is 0.348. The maximum absolute atomic E-state index is 13.6. The van der Waals surface area contributed by atoms with Gasteiger partial charge in [0.2, 0.25) is 11.9 Å². The van der Waals surface area contributed by atoms with E-state index < -0.39 is 11.9 Å². The summed E-state index contributed by atoms with van der Waals surface area (Å²) in [6.07, 6.45) is 0. The molecule has 1 aromatic heterocycles. The van der Waals surface area contributed by atoms with Crippen LogP contribution in [0.15, 0.2) is 54.6 Å². The molecule has 3 aromatic rings. The summed E-state index contributed by atoms with van der Waals surface area (Å²) in [5.74, 6) is -1.00. The van der Waals surface area contributed by atoms with E-state index in [1.807, 2.05) is 73.0 Å². The molecule has 0 saturated heterocycles. The van der Waals surface area contributed by atoms with Gasteiger partial charge in [-0.3, -0.25) is 14.5 Å². The third-order valence-corrected chi connectivity index (χ3v) is 5.40. The highest BCUT2D eigenvalue weighted by Crippen LogP contribution is 2.41. The Bertz CT molecular complexity index is 1040. The van der Waals surface area contributed by atoms with E-state index in [1.165, 1.54) is 0 Å². The van der Waals surface area contributed by atoms with Crippen molar-refractivity contribution in [3.8, 4) is 0 Å². The largest absolute Gasteiger partial charge is 0.465 e. The smallest absolute Gasteiger partial charge is 0.320 e. The Labute approximate surface area is 170 Å². The Balaban J connectivity index is 1.91. The number of ether oxygens (including phenoxy) is 1. The minimum absolute atomic E-state index is 0.0450. The molecule has 0 unspecified atom stereocenters. The molecule has 0 saturated carbocycles. The number of amides is 1. The quantitative estimate of drug-likeness (QED) is 0.488. The number of anilines is 1. The second kappa shape index (κ2) is 7.70. The molecule has 0 aliphatic carbocycles. The summed E-state index contributed by atoms with van der Waals surface area (Å²) in [4.78, 5) is 32.8. The maximum Gasteiger partial charge on any atom is 0.320 e. The standard InChI is InChI=1S/C23H25N3O3/c1-4-29-22(28)19-20(15(2)3)26-18-13-9-8-12-17(18)24-23(26)25(21(19)27)14-16-10-6-5-7-11-16/h5-13,15,19-20H,4,14H2,1-3H3/t19-,20+/m0/s1. The molecule has 6 nitrogen and oxygen atoms in total. The van der Waals surface area contributed by atoms with Gasteiger partial charge >= 0.3 is 5.97 Å². The molecule has 0 spiro atoms. The Hall–Kier alpha value is -3.15. The number of hydrogen-bond donors (Lipinski definition) is 0. The molecular formula is C23H25N3O3. The highest BCUT2D eigenvalue weighted by molar-refractivity contribution is 6.08. The molecule has 0 radical (unpaired) electrons. The number of carbonyl (C=O) groups excluding carboxylic acids is 2. The van der Waals surface area contributed by atoms with Crippen LogP contribution >= 0.6 is 0 Å². The number of fused-ring (bicyclic) bond motifs is 3. The lowest BCUT2D eigenvalue weighted by atomic mass is 9.87. The van der Waals surface area contributed by atoms with Crippen molar-refractivity contribution < 1.29 is 14.3 Å². The van der Waals surface area contributed by atoms with Crippen molar-refractivity contribution in [3.63, 3.8) is 0 Å². The maximum atomic E-state index is 13.6. The normalized spacial score (nSPS) is 18.9. The van der Waals surface area contributed by atoms with Crippen molar-refractivity contribution in [1.82, 2.24) is 9.55 Å². The number of benzene rings is 2. The Morgan fingerprint density at radius 1 is 1.10 bits per heavy atom. The van der Waals surface area contributed by atoms with Crippen LogP contribution in [0.5, 0.6) is 0 Å². The molecule has 2 aromatic carbocycles. The molecule has 1 aliphatic rings. The van der Waals surface area contributed by atoms with Crippen molar-refractivity contribution in [3.05, 3.63) is 60.2 Å². The fourth-order valence-corrected chi connectivity index (χ4v) is 4.15. The van der Waals surface area contributed by atoms with Crippen LogP contribution in [0.3, 0.4) is 0 Å². The van der Waals surface area contributed by atoms with Gasteiger partial charge in [-0.15, -0.1) is 0 Å². The van der Waals surface area contributed by atoms with Crippen LogP contribution in [-0.4, -0.2) is 28.0 Å². The first-order valence-electron chi connectivity index (χ1n) is 10.0. The molecule has 0 bridgehead atoms. The zero-order valence-electron chi connectivity index (χ0n) is 16.9. The molecule has 150 valence electrons. The number of esters is 1. The van der Waals surface area contributed by atoms with Crippen LogP contribution in [-0.2, 0) is 20.9 Å². The van der Waals surface area contributed by atoms with Crippen molar-refractivity contribution in [2.75, 3.05) is 11.5 Å². The fourth-order valence-electron chi connectivity index (χ4n) is 4.15. The van der Waals surface area contributed by atoms with Crippen LogP contribution in [0.2, 0.25) is 0 Å². The van der Waals surface area contributed by atoms with E-state index in [4.69, 9.17) is 9.72 Å². The van der Waals surface area contributed by atoms with Crippen LogP contribution in [0.1, 0.15) is 32.4 Å². The second-order valence-electron chi connectivity index (χ2n) is 7.64. The molecule has 0 N–H and O–H groups in total. The summed E-state index contributed by atoms with van der Waals surface area (Å²) in [5, 5.41) is 0. The zero-order chi connectivity index (χ0) is 20.5. The Kier molecular flexibility index (Phi) is 5.09. The molecule has 1 aliphatic heterocycles. The van der Waals surface area contributed by atoms with Gasteiger partial charge in [-0.25, -0.2) is 4.98 Å². The topological polar surface area (TPSA) is 64.4 Å². The Morgan fingerprint density at radius 3 is 2.48 bits per heavy atom. The summed E-state index contributed by atoms with van der Waals surface area (Å²) in [5.41, 5.74) is 2.70. The Morgan fingerprint density at radius 2 is 1.79 bits per heavy atom. The van der Waals surface area contributed by atoms with E-state index >= 15 is 0 Å². The highest BCUT2D eigenvalue weighted by Gasteiger charge is 2.48. The van der Waals surface area contributed by atoms with Crippen LogP contribution in [0, 0.1) is 11.8 Å². The molecule has 2 heterocycles. The lowest BCUT2D eigenvalue weighted by Crippen LogP contribution is -2.50. The highest BCUT2D eigenvalue weighted by atomic mass is 16.5. The molecule has 1 amide bonds. The predicted molar refractivity (Wildman–Crippen MR) is 111 cm³/mol. The van der Waals surface area contributed by atoms with Gasteiger partial charge in [-0.1, -0.05) is 56.3 Å². The van der Waals surface area contributed by atoms with Gasteiger partial charge in [0.15, 0.2) is 5.92 Å². The number of rotatable bonds is 5. The van der Waals surface area contributed by atoms with Crippen molar-refractivity contribution in [2.45, 2.75) is 33.4 Å². The molecular weight excluding hydrogens is 366 g/mol. The van der Waals surface area contributed by atoms with Crippen LogP contribution in [0.25, 0.3) is 11.0 Å². The van der Waals surface area contributed by atoms with E-state index in [1.54, 1.807) is 11.8 Å². The summed E-state index contributed by atoms with van der Waals surface area (Å²) < 4.78 is 7.36. The molecule has 2 atom stereocenters. The summed E-state index contributed by atoms with van der Waals surface area (Å²) in [6, 6.07) is 17.2. The van der Waals surface area contributed by atoms with E-state index in [0.29, 0.717) is 12.5 Å². The molecule has 4 rings (SSSR count). The van der Waals surface area contributed by atoms with E-state index in [-0.39, 0.29) is 24.5 Å². The van der Waals surface area contributed by atoms with E-state index in [0.717, 1.165) is 16.6 Å². The van der Waals surface area contributed by atoms with Gasteiger partial charge in [0.25, 0.3) is 0 Å². The molecule has 0 fully saturated rings. The minimum atomic E-state index is -0.899. The van der Waals surface area contributed by atoms with Crippen molar-refractivity contribution >= 4 is 28.9 Å². The number of aromatic nitrogens is 2. The van der Waals surface area contributed by atoms with Crippen molar-refractivity contribution in [2.24, 2.45) is 11.8 Å². The first kappa shape index (κ1) is 19.2. The first-order chi connectivity index (χ1) is 14.0. The van der Waals surface area contributed by atoms with E-state index in [9.17, 15) is 9.59 Å². The lowest BCUT2D eigenvalue weighted by Gasteiger charge is -2.39. The monoisotopic (exact) mass is 391 g/mol. The minimum Gasteiger partial charge on any atom is -0.465 e. The van der Waals surface area contributed by atoms with Gasteiger partial charge in [-0.2, -0.15) is 0 Å². The number of nitrogens with zero attached hydrogens (tertiary/aromatic N) is 3. The SMILES string of the molecule is CCOC(=O)[C@@H]1C(=O)N(Cc2ccccc2)c2nc3ccccc3n2[C@@H]1C(C)C. The number of carbonyl (C=O) groups is 2. The zero-order valence-corrected chi connectivity index (χ0v) is 16.9. The van der Waals surface area contributed by atoms with Gasteiger partial charge in [0.1, 0.15) is 0 Å². The molecule has 6 heteroatoms. The lowest BCUT2D eigenvalue weighted by molar-refractivity contribution is -0.154. The third kappa shape index (κ3) is 3.28. The molecule has 29 heavy (non-hydrogen) atoms. The first-order valence-corrected chi connectivity index (χ1v) is 10.0. The number of para-hydroxylation sites is 2. The van der Waals surface area contributed by atoms with Gasteiger partial charge in [-0.05, 0) is 30.5 Å². The van der Waals surface area contributed by atoms with Crippen LogP contribution in [0.4, 0.5) is 5.95 Å². The van der Waals surface area contributed by atoms with Gasteiger partial charge in [0, 0.05) is 0 Å². The van der Waals surface area contributed by atoms with E-state index in [2.05, 4.69) is 0 Å². The summed E-state index contributed by atoms with van der Waals surface area (Å²) in [7, 11) is 0. The third-order valence-electron chi connectivity index (χ3n) is 5.40. The average molecular weight is 391 g/mol.